The Hall–Kier alpha value is -2.15. The van der Waals surface area contributed by atoms with Crippen LogP contribution < -0.4 is 5.32 Å². The smallest absolute Gasteiger partial charge is 0.354 e. The molecule has 0 aliphatic carbocycles. The largest absolute Gasteiger partial charge is 0.464 e. The molecule has 102 valence electrons. The molecule has 0 bridgehead atoms. The Morgan fingerprint density at radius 2 is 2.37 bits per heavy atom. The van der Waals surface area contributed by atoms with E-state index >= 15 is 0 Å². The Bertz CT molecular complexity index is 546. The normalized spacial score (nSPS) is 10.6. The molecule has 2 aromatic rings. The molecule has 7 nitrogen and oxygen atoms in total. The summed E-state index contributed by atoms with van der Waals surface area (Å²) in [5.41, 5.74) is 1.40. The third-order valence-electron chi connectivity index (χ3n) is 2.64. The van der Waals surface area contributed by atoms with E-state index in [1.807, 2.05) is 13.1 Å². The summed E-state index contributed by atoms with van der Waals surface area (Å²) in [6, 6.07) is 3.57. The van der Waals surface area contributed by atoms with Gasteiger partial charge in [-0.25, -0.2) is 9.78 Å². The first-order chi connectivity index (χ1) is 9.19. The standard InChI is InChI=1S/C12H17N5O2/c1-17-8-14-11(16-17)5-6-13-7-9-3-4-10(15-9)12(18)19-2/h3-4,8,13,15H,5-7H2,1-2H3. The van der Waals surface area contributed by atoms with Gasteiger partial charge in [0, 0.05) is 32.3 Å². The van der Waals surface area contributed by atoms with Crippen LogP contribution in [0, 0.1) is 0 Å². The summed E-state index contributed by atoms with van der Waals surface area (Å²) in [4.78, 5) is 18.4. The molecule has 0 aliphatic heterocycles. The molecule has 0 aliphatic rings. The minimum absolute atomic E-state index is 0.357. The van der Waals surface area contributed by atoms with E-state index in [1.165, 1.54) is 7.11 Å². The molecule has 2 rings (SSSR count). The molecule has 0 unspecified atom stereocenters. The van der Waals surface area contributed by atoms with Gasteiger partial charge in [-0.3, -0.25) is 4.68 Å². The molecule has 0 saturated heterocycles. The second-order valence-corrected chi connectivity index (χ2v) is 4.15. The van der Waals surface area contributed by atoms with Gasteiger partial charge in [-0.05, 0) is 12.1 Å². The van der Waals surface area contributed by atoms with E-state index in [0.717, 1.165) is 24.5 Å². The summed E-state index contributed by atoms with van der Waals surface area (Å²) in [6.07, 6.45) is 2.45. The van der Waals surface area contributed by atoms with Gasteiger partial charge in [-0.1, -0.05) is 0 Å². The molecule has 0 radical (unpaired) electrons. The molecule has 2 aromatic heterocycles. The molecule has 2 N–H and O–H groups in total. The molecule has 0 atom stereocenters. The molecule has 0 fully saturated rings. The number of methoxy groups -OCH3 is 1. The van der Waals surface area contributed by atoms with Gasteiger partial charge in [-0.2, -0.15) is 5.10 Å². The summed E-state index contributed by atoms with van der Waals surface area (Å²) < 4.78 is 6.31. The Labute approximate surface area is 111 Å². The van der Waals surface area contributed by atoms with Crippen LogP contribution >= 0.6 is 0 Å². The Kier molecular flexibility index (Phi) is 4.30. The van der Waals surface area contributed by atoms with Crippen LogP contribution in [-0.2, 0) is 24.8 Å². The van der Waals surface area contributed by atoms with Crippen molar-refractivity contribution in [3.63, 3.8) is 0 Å². The number of ether oxygens (including phenoxy) is 1. The molecule has 7 heteroatoms. The fourth-order valence-electron chi connectivity index (χ4n) is 1.69. The molecule has 0 spiro atoms. The zero-order chi connectivity index (χ0) is 13.7. The number of esters is 1. The van der Waals surface area contributed by atoms with Crippen LogP contribution in [0.2, 0.25) is 0 Å². The molecule has 0 aromatic carbocycles. The van der Waals surface area contributed by atoms with E-state index in [-0.39, 0.29) is 5.97 Å². The van der Waals surface area contributed by atoms with Crippen LogP contribution in [-0.4, -0.2) is 39.4 Å². The van der Waals surface area contributed by atoms with Crippen LogP contribution in [0.15, 0.2) is 18.5 Å². The lowest BCUT2D eigenvalue weighted by molar-refractivity contribution is 0.0594. The lowest BCUT2D eigenvalue weighted by Gasteiger charge is -2.01. The number of aromatic amines is 1. The Balaban J connectivity index is 1.73. The molecule has 0 amide bonds. The van der Waals surface area contributed by atoms with Crippen LogP contribution in [0.4, 0.5) is 0 Å². The van der Waals surface area contributed by atoms with Crippen molar-refractivity contribution in [1.82, 2.24) is 25.1 Å². The number of carbonyl (C=O) groups excluding carboxylic acids is 1. The molecule has 0 saturated carbocycles. The SMILES string of the molecule is COC(=O)c1ccc(CNCCc2ncn(C)n2)[nH]1. The number of carbonyl (C=O) groups is 1. The number of nitrogens with zero attached hydrogens (tertiary/aromatic N) is 3. The number of hydrogen-bond donors (Lipinski definition) is 2. The van der Waals surface area contributed by atoms with Gasteiger partial charge in [-0.15, -0.1) is 0 Å². The highest BCUT2D eigenvalue weighted by molar-refractivity contribution is 5.87. The van der Waals surface area contributed by atoms with Crippen LogP contribution in [0.5, 0.6) is 0 Å². The van der Waals surface area contributed by atoms with Crippen molar-refractivity contribution < 1.29 is 9.53 Å². The van der Waals surface area contributed by atoms with Crippen LogP contribution in [0.1, 0.15) is 22.0 Å². The highest BCUT2D eigenvalue weighted by Crippen LogP contribution is 2.03. The number of aryl methyl sites for hydroxylation is 1. The van der Waals surface area contributed by atoms with Crippen LogP contribution in [0.3, 0.4) is 0 Å². The third kappa shape index (κ3) is 3.65. The molecule has 2 heterocycles. The number of H-pyrrole nitrogens is 1. The lowest BCUT2D eigenvalue weighted by Crippen LogP contribution is -2.17. The van der Waals surface area contributed by atoms with Gasteiger partial charge >= 0.3 is 5.97 Å². The Morgan fingerprint density at radius 1 is 1.53 bits per heavy atom. The van der Waals surface area contributed by atoms with Gasteiger partial charge in [0.25, 0.3) is 0 Å². The van der Waals surface area contributed by atoms with Gasteiger partial charge in [0.05, 0.1) is 7.11 Å². The minimum Gasteiger partial charge on any atom is -0.464 e. The quantitative estimate of drug-likeness (QED) is 0.577. The summed E-state index contributed by atoms with van der Waals surface area (Å²) in [5.74, 6) is 0.459. The lowest BCUT2D eigenvalue weighted by atomic mass is 10.4. The van der Waals surface area contributed by atoms with Crippen molar-refractivity contribution in [1.29, 1.82) is 0 Å². The second kappa shape index (κ2) is 6.14. The van der Waals surface area contributed by atoms with E-state index in [4.69, 9.17) is 0 Å². The van der Waals surface area contributed by atoms with Gasteiger partial charge in [0.2, 0.25) is 0 Å². The summed E-state index contributed by atoms with van der Waals surface area (Å²) in [6.45, 7) is 1.43. The highest BCUT2D eigenvalue weighted by Gasteiger charge is 2.07. The fourth-order valence-corrected chi connectivity index (χ4v) is 1.69. The van der Waals surface area contributed by atoms with Crippen molar-refractivity contribution in [3.05, 3.63) is 35.7 Å². The first-order valence-electron chi connectivity index (χ1n) is 6.00. The molecule has 19 heavy (non-hydrogen) atoms. The first-order valence-corrected chi connectivity index (χ1v) is 6.00. The minimum atomic E-state index is -0.357. The predicted octanol–water partition coefficient (Wildman–Crippen LogP) is 0.262. The first kappa shape index (κ1) is 13.3. The number of rotatable bonds is 6. The van der Waals surface area contributed by atoms with Crippen molar-refractivity contribution in [2.45, 2.75) is 13.0 Å². The fraction of sp³-hybridized carbons (Fsp3) is 0.417. The van der Waals surface area contributed by atoms with Crippen molar-refractivity contribution in [2.24, 2.45) is 7.05 Å². The maximum atomic E-state index is 11.3. The van der Waals surface area contributed by atoms with Crippen molar-refractivity contribution >= 4 is 5.97 Å². The zero-order valence-corrected chi connectivity index (χ0v) is 11.0. The highest BCUT2D eigenvalue weighted by atomic mass is 16.5. The monoisotopic (exact) mass is 263 g/mol. The topological polar surface area (TPSA) is 84.8 Å². The maximum Gasteiger partial charge on any atom is 0.354 e. The number of hydrogen-bond acceptors (Lipinski definition) is 5. The van der Waals surface area contributed by atoms with Crippen LogP contribution in [0.25, 0.3) is 0 Å². The van der Waals surface area contributed by atoms with E-state index in [0.29, 0.717) is 12.2 Å². The number of nitrogens with one attached hydrogen (secondary N) is 2. The Morgan fingerprint density at radius 3 is 3.05 bits per heavy atom. The van der Waals surface area contributed by atoms with Crippen molar-refractivity contribution in [3.8, 4) is 0 Å². The molecular weight excluding hydrogens is 246 g/mol. The van der Waals surface area contributed by atoms with Crippen molar-refractivity contribution in [2.75, 3.05) is 13.7 Å². The van der Waals surface area contributed by atoms with Gasteiger partial charge in [0.1, 0.15) is 12.0 Å². The van der Waals surface area contributed by atoms with Gasteiger partial charge < -0.3 is 15.0 Å². The maximum absolute atomic E-state index is 11.3. The second-order valence-electron chi connectivity index (χ2n) is 4.15. The average molecular weight is 263 g/mol. The average Bonchev–Trinajstić information content (AvgIpc) is 3.03. The van der Waals surface area contributed by atoms with E-state index in [1.54, 1.807) is 17.1 Å². The van der Waals surface area contributed by atoms with E-state index in [2.05, 4.69) is 25.1 Å². The third-order valence-corrected chi connectivity index (χ3v) is 2.64. The molecular formula is C12H17N5O2. The predicted molar refractivity (Wildman–Crippen MR) is 68.5 cm³/mol. The zero-order valence-electron chi connectivity index (χ0n) is 11.0. The number of aromatic nitrogens is 4. The summed E-state index contributed by atoms with van der Waals surface area (Å²) in [7, 11) is 3.21. The summed E-state index contributed by atoms with van der Waals surface area (Å²) in [5, 5.41) is 7.45. The summed E-state index contributed by atoms with van der Waals surface area (Å²) >= 11 is 0. The van der Waals surface area contributed by atoms with E-state index < -0.39 is 0 Å². The van der Waals surface area contributed by atoms with E-state index in [9.17, 15) is 4.79 Å². The van der Waals surface area contributed by atoms with Gasteiger partial charge in [0.15, 0.2) is 5.82 Å².